The van der Waals surface area contributed by atoms with Crippen molar-refractivity contribution in [3.05, 3.63) is 53.6 Å². The highest BCUT2D eigenvalue weighted by Crippen LogP contribution is 2.26. The lowest BCUT2D eigenvalue weighted by Crippen LogP contribution is -2.42. The molecule has 2 aromatic carbocycles. The Morgan fingerprint density at radius 1 is 1.24 bits per heavy atom. The molecule has 0 aliphatic carbocycles. The normalized spacial score (nSPS) is 14.3. The molecule has 1 N–H and O–H groups in total. The van der Waals surface area contributed by atoms with Crippen LogP contribution in [0.25, 0.3) is 0 Å². The van der Waals surface area contributed by atoms with Crippen molar-refractivity contribution in [1.29, 1.82) is 0 Å². The SMILES string of the molecule is COc1ccccc1C(=O)Nc1ccc(N2CCOCC2=O)c(C)c1. The maximum absolute atomic E-state index is 12.5. The summed E-state index contributed by atoms with van der Waals surface area (Å²) in [7, 11) is 1.53. The van der Waals surface area contributed by atoms with Crippen molar-refractivity contribution in [1.82, 2.24) is 0 Å². The molecule has 0 saturated carbocycles. The number of rotatable bonds is 4. The van der Waals surface area contributed by atoms with Gasteiger partial charge in [-0.2, -0.15) is 0 Å². The highest BCUT2D eigenvalue weighted by atomic mass is 16.5. The minimum Gasteiger partial charge on any atom is -0.496 e. The first-order valence-electron chi connectivity index (χ1n) is 8.03. The van der Waals surface area contributed by atoms with Gasteiger partial charge in [0.05, 0.1) is 19.3 Å². The van der Waals surface area contributed by atoms with E-state index >= 15 is 0 Å². The van der Waals surface area contributed by atoms with Gasteiger partial charge >= 0.3 is 0 Å². The second-order valence-electron chi connectivity index (χ2n) is 5.75. The van der Waals surface area contributed by atoms with E-state index < -0.39 is 0 Å². The number of benzene rings is 2. The van der Waals surface area contributed by atoms with Gasteiger partial charge < -0.3 is 19.7 Å². The molecule has 3 rings (SSSR count). The molecule has 1 heterocycles. The number of aryl methyl sites for hydroxylation is 1. The zero-order valence-electron chi connectivity index (χ0n) is 14.2. The van der Waals surface area contributed by atoms with Gasteiger partial charge in [-0.1, -0.05) is 12.1 Å². The van der Waals surface area contributed by atoms with Crippen LogP contribution < -0.4 is 15.0 Å². The molecule has 0 bridgehead atoms. The summed E-state index contributed by atoms with van der Waals surface area (Å²) in [6, 6.07) is 12.5. The van der Waals surface area contributed by atoms with E-state index in [4.69, 9.17) is 9.47 Å². The first-order valence-corrected chi connectivity index (χ1v) is 8.03. The summed E-state index contributed by atoms with van der Waals surface area (Å²) in [5, 5.41) is 2.87. The van der Waals surface area contributed by atoms with E-state index in [0.29, 0.717) is 30.2 Å². The van der Waals surface area contributed by atoms with Gasteiger partial charge in [-0.3, -0.25) is 9.59 Å². The predicted octanol–water partition coefficient (Wildman–Crippen LogP) is 2.62. The Morgan fingerprint density at radius 3 is 2.76 bits per heavy atom. The van der Waals surface area contributed by atoms with Crippen LogP contribution >= 0.6 is 0 Å². The molecule has 25 heavy (non-hydrogen) atoms. The average Bonchev–Trinajstić information content (AvgIpc) is 2.62. The van der Waals surface area contributed by atoms with E-state index in [9.17, 15) is 9.59 Å². The number of carbonyl (C=O) groups excluding carboxylic acids is 2. The summed E-state index contributed by atoms with van der Waals surface area (Å²) < 4.78 is 10.4. The van der Waals surface area contributed by atoms with E-state index in [2.05, 4.69) is 5.32 Å². The monoisotopic (exact) mass is 340 g/mol. The van der Waals surface area contributed by atoms with Crippen LogP contribution in [0, 0.1) is 6.92 Å². The summed E-state index contributed by atoms with van der Waals surface area (Å²) in [6.07, 6.45) is 0. The molecule has 1 aliphatic rings. The molecular weight excluding hydrogens is 320 g/mol. The highest BCUT2D eigenvalue weighted by Gasteiger charge is 2.21. The third kappa shape index (κ3) is 3.64. The second kappa shape index (κ2) is 7.36. The van der Waals surface area contributed by atoms with Crippen molar-refractivity contribution in [2.45, 2.75) is 6.92 Å². The van der Waals surface area contributed by atoms with E-state index in [-0.39, 0.29) is 18.4 Å². The van der Waals surface area contributed by atoms with Crippen LogP contribution in [0.2, 0.25) is 0 Å². The van der Waals surface area contributed by atoms with Crippen LogP contribution in [0.4, 0.5) is 11.4 Å². The number of carbonyl (C=O) groups is 2. The number of anilines is 2. The Morgan fingerprint density at radius 2 is 2.04 bits per heavy atom. The molecule has 130 valence electrons. The van der Waals surface area contributed by atoms with Crippen LogP contribution in [0.5, 0.6) is 5.75 Å². The number of morpholine rings is 1. The minimum absolute atomic E-state index is 0.0554. The molecule has 1 fully saturated rings. The molecule has 0 spiro atoms. The number of hydrogen-bond donors (Lipinski definition) is 1. The molecule has 2 amide bonds. The first-order chi connectivity index (χ1) is 12.1. The summed E-state index contributed by atoms with van der Waals surface area (Å²) in [5.74, 6) is 0.222. The largest absolute Gasteiger partial charge is 0.496 e. The van der Waals surface area contributed by atoms with Gasteiger partial charge in [0.25, 0.3) is 11.8 Å². The van der Waals surface area contributed by atoms with Crippen LogP contribution in [0.1, 0.15) is 15.9 Å². The maximum Gasteiger partial charge on any atom is 0.259 e. The zero-order chi connectivity index (χ0) is 17.8. The number of nitrogens with one attached hydrogen (secondary N) is 1. The molecule has 1 saturated heterocycles. The van der Waals surface area contributed by atoms with E-state index in [1.165, 1.54) is 7.11 Å². The summed E-state index contributed by atoms with van der Waals surface area (Å²) >= 11 is 0. The topological polar surface area (TPSA) is 67.9 Å². The fourth-order valence-corrected chi connectivity index (χ4v) is 2.84. The smallest absolute Gasteiger partial charge is 0.259 e. The third-order valence-corrected chi connectivity index (χ3v) is 4.08. The fourth-order valence-electron chi connectivity index (χ4n) is 2.84. The van der Waals surface area contributed by atoms with Gasteiger partial charge in [-0.05, 0) is 42.8 Å². The first kappa shape index (κ1) is 17.0. The van der Waals surface area contributed by atoms with E-state index in [1.807, 2.05) is 25.1 Å². The number of nitrogens with zero attached hydrogens (tertiary/aromatic N) is 1. The Bertz CT molecular complexity index is 804. The van der Waals surface area contributed by atoms with Crippen molar-refractivity contribution in [3.8, 4) is 5.75 Å². The molecule has 1 aliphatic heterocycles. The van der Waals surface area contributed by atoms with Gasteiger partial charge in [0.15, 0.2) is 0 Å². The van der Waals surface area contributed by atoms with E-state index in [0.717, 1.165) is 11.3 Å². The number of methoxy groups -OCH3 is 1. The lowest BCUT2D eigenvalue weighted by atomic mass is 10.1. The molecule has 0 radical (unpaired) electrons. The van der Waals surface area contributed by atoms with Gasteiger partial charge in [0.1, 0.15) is 12.4 Å². The lowest BCUT2D eigenvalue weighted by Gasteiger charge is -2.28. The zero-order valence-corrected chi connectivity index (χ0v) is 14.2. The van der Waals surface area contributed by atoms with Crippen LogP contribution in [-0.4, -0.2) is 38.7 Å². The van der Waals surface area contributed by atoms with Gasteiger partial charge in [-0.25, -0.2) is 0 Å². The molecule has 0 unspecified atom stereocenters. The van der Waals surface area contributed by atoms with Crippen molar-refractivity contribution in [2.75, 3.05) is 37.1 Å². The van der Waals surface area contributed by atoms with Crippen LogP contribution in [0.3, 0.4) is 0 Å². The second-order valence-corrected chi connectivity index (χ2v) is 5.75. The van der Waals surface area contributed by atoms with Crippen molar-refractivity contribution in [3.63, 3.8) is 0 Å². The number of ether oxygens (including phenoxy) is 2. The number of amides is 2. The summed E-state index contributed by atoms with van der Waals surface area (Å²) in [4.78, 5) is 26.2. The quantitative estimate of drug-likeness (QED) is 0.929. The average molecular weight is 340 g/mol. The summed E-state index contributed by atoms with van der Waals surface area (Å²) in [6.45, 7) is 3.08. The Balaban J connectivity index is 1.79. The highest BCUT2D eigenvalue weighted by molar-refractivity contribution is 6.06. The fraction of sp³-hybridized carbons (Fsp3) is 0.263. The Kier molecular flexibility index (Phi) is 5.00. The van der Waals surface area contributed by atoms with Crippen LogP contribution in [0.15, 0.2) is 42.5 Å². The predicted molar refractivity (Wildman–Crippen MR) is 95.3 cm³/mol. The molecule has 2 aromatic rings. The Hall–Kier alpha value is -2.86. The standard InChI is InChI=1S/C19H20N2O4/c1-13-11-14(7-8-16(13)21-9-10-25-12-18(21)22)20-19(23)15-5-3-4-6-17(15)24-2/h3-8,11H,9-10,12H2,1-2H3,(H,20,23). The number of para-hydroxylation sites is 1. The van der Waals surface area contributed by atoms with Gasteiger partial charge in [0.2, 0.25) is 0 Å². The minimum atomic E-state index is -0.243. The maximum atomic E-state index is 12.5. The molecule has 0 aromatic heterocycles. The van der Waals surface area contributed by atoms with E-state index in [1.54, 1.807) is 29.2 Å². The molecule has 0 atom stereocenters. The van der Waals surface area contributed by atoms with Crippen molar-refractivity contribution >= 4 is 23.2 Å². The molecular formula is C19H20N2O4. The lowest BCUT2D eigenvalue weighted by molar-refractivity contribution is -0.125. The number of hydrogen-bond acceptors (Lipinski definition) is 4. The third-order valence-electron chi connectivity index (χ3n) is 4.08. The molecule has 6 nitrogen and oxygen atoms in total. The van der Waals surface area contributed by atoms with Crippen molar-refractivity contribution in [2.24, 2.45) is 0 Å². The Labute approximate surface area is 146 Å². The van der Waals surface area contributed by atoms with Crippen molar-refractivity contribution < 1.29 is 19.1 Å². The molecule has 6 heteroatoms. The van der Waals surface area contributed by atoms with Gasteiger partial charge in [0, 0.05) is 17.9 Å². The van der Waals surface area contributed by atoms with Crippen LogP contribution in [-0.2, 0) is 9.53 Å². The summed E-state index contributed by atoms with van der Waals surface area (Å²) in [5.41, 5.74) is 2.88. The van der Waals surface area contributed by atoms with Gasteiger partial charge in [-0.15, -0.1) is 0 Å².